The lowest BCUT2D eigenvalue weighted by atomic mass is 9.96. The minimum Gasteiger partial charge on any atom is -0.289 e. The summed E-state index contributed by atoms with van der Waals surface area (Å²) in [6.45, 7) is 1.89. The first-order valence-electron chi connectivity index (χ1n) is 3.19. The largest absolute Gasteiger partial charge is 0.289 e. The normalized spacial score (nSPS) is 18.3. The summed E-state index contributed by atoms with van der Waals surface area (Å²) in [6.07, 6.45) is 2.88. The third-order valence-corrected chi connectivity index (χ3v) is 1.57. The Morgan fingerprint density at radius 2 is 2.20 bits per heavy atom. The molecular weight excluding hydrogens is 128 g/mol. The average molecular weight is 136 g/mol. The van der Waals surface area contributed by atoms with E-state index in [9.17, 15) is 9.59 Å². The van der Waals surface area contributed by atoms with Gasteiger partial charge in [0, 0.05) is 0 Å². The zero-order valence-corrected chi connectivity index (χ0v) is 5.81. The molecule has 0 saturated heterocycles. The summed E-state index contributed by atoms with van der Waals surface area (Å²) < 4.78 is 0. The zero-order valence-electron chi connectivity index (χ0n) is 5.81. The van der Waals surface area contributed by atoms with Crippen LogP contribution in [0.4, 0.5) is 0 Å². The van der Waals surface area contributed by atoms with Gasteiger partial charge in [0.2, 0.25) is 0 Å². The van der Waals surface area contributed by atoms with Crippen LogP contribution >= 0.6 is 0 Å². The van der Waals surface area contributed by atoms with Crippen molar-refractivity contribution in [1.29, 1.82) is 0 Å². The molecule has 1 aliphatic rings. The van der Waals surface area contributed by atoms with Crippen molar-refractivity contribution in [3.8, 4) is 0 Å². The average Bonchev–Trinajstić information content (AvgIpc) is 1.88. The maximum Gasteiger partial charge on any atom is 0.192 e. The molecule has 10 heavy (non-hydrogen) atoms. The number of carbonyl (C=O) groups excluding carboxylic acids is 2. The van der Waals surface area contributed by atoms with Gasteiger partial charge in [0.25, 0.3) is 0 Å². The first-order chi connectivity index (χ1) is 4.74. The summed E-state index contributed by atoms with van der Waals surface area (Å²) in [6, 6.07) is 0. The Hall–Kier alpha value is -1.14. The van der Waals surface area contributed by atoms with Gasteiger partial charge in [0.15, 0.2) is 5.78 Å². The lowest BCUT2D eigenvalue weighted by Crippen LogP contribution is -2.05. The lowest BCUT2D eigenvalue weighted by molar-refractivity contribution is -0.111. The van der Waals surface area contributed by atoms with Crippen LogP contribution in [0, 0.1) is 0 Å². The standard InChI is InChI=1S/C8H8O2/c1-6-2-3-7(5-9)8(10)4-6/h4H,2-3H2,1H3. The van der Waals surface area contributed by atoms with Gasteiger partial charge in [-0.1, -0.05) is 5.57 Å². The second-order valence-corrected chi connectivity index (χ2v) is 2.44. The van der Waals surface area contributed by atoms with E-state index < -0.39 is 0 Å². The maximum atomic E-state index is 10.9. The van der Waals surface area contributed by atoms with Crippen molar-refractivity contribution in [2.75, 3.05) is 0 Å². The second-order valence-electron chi connectivity index (χ2n) is 2.44. The maximum absolute atomic E-state index is 10.9. The highest BCUT2D eigenvalue weighted by Gasteiger charge is 2.13. The topological polar surface area (TPSA) is 34.1 Å². The molecule has 0 N–H and O–H groups in total. The van der Waals surface area contributed by atoms with Crippen LogP contribution < -0.4 is 0 Å². The molecule has 0 spiro atoms. The highest BCUT2D eigenvalue weighted by Crippen LogP contribution is 2.16. The van der Waals surface area contributed by atoms with Crippen LogP contribution in [0.3, 0.4) is 0 Å². The molecule has 0 aromatic heterocycles. The quantitative estimate of drug-likeness (QED) is 0.368. The molecule has 0 unspecified atom stereocenters. The Kier molecular flexibility index (Phi) is 1.83. The Bertz CT molecular complexity index is 242. The predicted molar refractivity (Wildman–Crippen MR) is 37.2 cm³/mol. The Labute approximate surface area is 59.2 Å². The summed E-state index contributed by atoms with van der Waals surface area (Å²) in [5.74, 6) is 1.48. The molecule has 1 rings (SSSR count). The van der Waals surface area contributed by atoms with E-state index in [0.717, 1.165) is 12.0 Å². The number of hydrogen-bond donors (Lipinski definition) is 0. The van der Waals surface area contributed by atoms with Crippen LogP contribution in [0.15, 0.2) is 17.2 Å². The van der Waals surface area contributed by atoms with Crippen molar-refractivity contribution in [1.82, 2.24) is 0 Å². The summed E-state index contributed by atoms with van der Waals surface area (Å²) in [5.41, 5.74) is 1.33. The zero-order chi connectivity index (χ0) is 7.56. The van der Waals surface area contributed by atoms with E-state index >= 15 is 0 Å². The van der Waals surface area contributed by atoms with Gasteiger partial charge in [-0.25, -0.2) is 4.79 Å². The SMILES string of the molecule is CC1=CC(=O)C(=C=O)CC1. The first-order valence-corrected chi connectivity index (χ1v) is 3.19. The number of rotatable bonds is 0. The van der Waals surface area contributed by atoms with Crippen molar-refractivity contribution in [2.45, 2.75) is 19.8 Å². The van der Waals surface area contributed by atoms with Gasteiger partial charge in [0.05, 0.1) is 5.57 Å². The molecule has 52 valence electrons. The van der Waals surface area contributed by atoms with Gasteiger partial charge >= 0.3 is 0 Å². The van der Waals surface area contributed by atoms with Gasteiger partial charge in [0.1, 0.15) is 5.94 Å². The fourth-order valence-electron chi connectivity index (χ4n) is 0.930. The minimum atomic E-state index is -0.168. The first kappa shape index (κ1) is 6.97. The monoisotopic (exact) mass is 136 g/mol. The van der Waals surface area contributed by atoms with Crippen molar-refractivity contribution >= 4 is 11.7 Å². The molecule has 0 fully saturated rings. The lowest BCUT2D eigenvalue weighted by Gasteiger charge is -2.06. The molecule has 0 aromatic rings. The summed E-state index contributed by atoms with van der Waals surface area (Å²) in [4.78, 5) is 20.9. The Morgan fingerprint density at radius 3 is 2.70 bits per heavy atom. The summed E-state index contributed by atoms with van der Waals surface area (Å²) in [7, 11) is 0. The van der Waals surface area contributed by atoms with Crippen LogP contribution in [0.2, 0.25) is 0 Å². The van der Waals surface area contributed by atoms with E-state index in [1.54, 1.807) is 5.94 Å². The molecule has 0 bridgehead atoms. The molecule has 0 saturated carbocycles. The Morgan fingerprint density at radius 1 is 1.50 bits per heavy atom. The Balaban J connectivity index is 2.94. The van der Waals surface area contributed by atoms with E-state index in [-0.39, 0.29) is 11.4 Å². The fraction of sp³-hybridized carbons (Fsp3) is 0.375. The number of carbonyl (C=O) groups is 1. The highest BCUT2D eigenvalue weighted by molar-refractivity contribution is 6.10. The second kappa shape index (κ2) is 2.63. The van der Waals surface area contributed by atoms with Crippen LogP contribution in [0.1, 0.15) is 19.8 Å². The van der Waals surface area contributed by atoms with E-state index in [0.29, 0.717) is 6.42 Å². The molecule has 2 heteroatoms. The van der Waals surface area contributed by atoms with Gasteiger partial charge in [-0.15, -0.1) is 0 Å². The predicted octanol–water partition coefficient (Wildman–Crippen LogP) is 1.05. The molecule has 0 atom stereocenters. The van der Waals surface area contributed by atoms with E-state index in [4.69, 9.17) is 0 Å². The van der Waals surface area contributed by atoms with Gasteiger partial charge < -0.3 is 0 Å². The number of ketones is 1. The molecule has 2 nitrogen and oxygen atoms in total. The highest BCUT2D eigenvalue weighted by atomic mass is 16.1. The summed E-state index contributed by atoms with van der Waals surface area (Å²) >= 11 is 0. The molecule has 0 aliphatic heterocycles. The third-order valence-electron chi connectivity index (χ3n) is 1.57. The van der Waals surface area contributed by atoms with E-state index in [1.165, 1.54) is 6.08 Å². The minimum absolute atomic E-state index is 0.168. The molecular formula is C8H8O2. The number of allylic oxidation sites excluding steroid dienone is 3. The third kappa shape index (κ3) is 1.23. The van der Waals surface area contributed by atoms with E-state index in [2.05, 4.69) is 0 Å². The molecule has 0 radical (unpaired) electrons. The number of hydrogen-bond acceptors (Lipinski definition) is 2. The van der Waals surface area contributed by atoms with E-state index in [1.807, 2.05) is 6.92 Å². The van der Waals surface area contributed by atoms with Crippen LogP contribution in [-0.4, -0.2) is 11.7 Å². The van der Waals surface area contributed by atoms with Crippen LogP contribution in [-0.2, 0) is 9.59 Å². The molecule has 0 heterocycles. The summed E-state index contributed by atoms with van der Waals surface area (Å²) in [5, 5.41) is 0. The molecule has 0 aromatic carbocycles. The van der Waals surface area contributed by atoms with Crippen molar-refractivity contribution in [2.24, 2.45) is 0 Å². The smallest absolute Gasteiger partial charge is 0.192 e. The van der Waals surface area contributed by atoms with Crippen molar-refractivity contribution in [3.05, 3.63) is 17.2 Å². The van der Waals surface area contributed by atoms with Crippen molar-refractivity contribution in [3.63, 3.8) is 0 Å². The van der Waals surface area contributed by atoms with Gasteiger partial charge in [-0.3, -0.25) is 4.79 Å². The van der Waals surface area contributed by atoms with Crippen LogP contribution in [0.25, 0.3) is 0 Å². The van der Waals surface area contributed by atoms with Gasteiger partial charge in [-0.05, 0) is 25.8 Å². The fourth-order valence-corrected chi connectivity index (χ4v) is 0.930. The van der Waals surface area contributed by atoms with Crippen LogP contribution in [0.5, 0.6) is 0 Å². The van der Waals surface area contributed by atoms with Gasteiger partial charge in [-0.2, -0.15) is 0 Å². The molecule has 0 amide bonds. The van der Waals surface area contributed by atoms with Crippen molar-refractivity contribution < 1.29 is 9.59 Å². The molecule has 1 aliphatic carbocycles.